The van der Waals surface area contributed by atoms with E-state index in [2.05, 4.69) is 25.5 Å². The van der Waals surface area contributed by atoms with E-state index >= 15 is 0 Å². The van der Waals surface area contributed by atoms with E-state index in [1.807, 2.05) is 13.1 Å². The Labute approximate surface area is 149 Å². The van der Waals surface area contributed by atoms with Crippen LogP contribution in [0.1, 0.15) is 30.5 Å². The summed E-state index contributed by atoms with van der Waals surface area (Å²) in [7, 11) is 1.84. The Balaban J connectivity index is 1.47. The number of ether oxygens (including phenoxy) is 1. The van der Waals surface area contributed by atoms with Gasteiger partial charge in [0.2, 0.25) is 0 Å². The molecule has 0 aromatic carbocycles. The molecule has 5 rings (SSSR count). The normalized spacial score (nSPS) is 22.8. The zero-order valence-corrected chi connectivity index (χ0v) is 14.4. The molecule has 2 fully saturated rings. The third-order valence-corrected chi connectivity index (χ3v) is 5.06. The molecule has 26 heavy (non-hydrogen) atoms. The predicted octanol–water partition coefficient (Wildman–Crippen LogP) is 0.849. The van der Waals surface area contributed by atoms with Gasteiger partial charge in [0.25, 0.3) is 5.56 Å². The number of hydrogen-bond donors (Lipinski definition) is 1. The second-order valence-electron chi connectivity index (χ2n) is 6.90. The van der Waals surface area contributed by atoms with E-state index in [0.29, 0.717) is 24.9 Å². The van der Waals surface area contributed by atoms with Crippen molar-refractivity contribution in [3.05, 3.63) is 40.7 Å². The second-order valence-corrected chi connectivity index (χ2v) is 6.90. The van der Waals surface area contributed by atoms with E-state index in [9.17, 15) is 4.79 Å². The minimum absolute atomic E-state index is 0.104. The molecule has 2 atom stereocenters. The highest BCUT2D eigenvalue weighted by atomic mass is 16.5. The molecule has 9 heteroatoms. The summed E-state index contributed by atoms with van der Waals surface area (Å²) in [4.78, 5) is 21.0. The quantitative estimate of drug-likeness (QED) is 0.742. The molecular weight excluding hydrogens is 334 g/mol. The molecule has 4 heterocycles. The number of anilines is 1. The lowest BCUT2D eigenvalue weighted by Crippen LogP contribution is -2.37. The Bertz CT molecular complexity index is 1020. The molecule has 1 saturated carbocycles. The first kappa shape index (κ1) is 15.4. The Morgan fingerprint density at radius 1 is 1.23 bits per heavy atom. The van der Waals surface area contributed by atoms with Gasteiger partial charge in [-0.15, -0.1) is 0 Å². The van der Waals surface area contributed by atoms with Crippen molar-refractivity contribution in [2.75, 3.05) is 18.5 Å². The number of rotatable bonds is 4. The van der Waals surface area contributed by atoms with Gasteiger partial charge in [-0.05, 0) is 18.9 Å². The molecule has 2 aliphatic rings. The number of hydrogen-bond acceptors (Lipinski definition) is 7. The Morgan fingerprint density at radius 2 is 2.12 bits per heavy atom. The highest BCUT2D eigenvalue weighted by molar-refractivity contribution is 5.86. The molecule has 0 bridgehead atoms. The SMILES string of the molecule is Cn1ncc2c(NC3COCC3n3nc(C4CC4)ccc3=O)ncnc21. The molecule has 0 amide bonds. The van der Waals surface area contributed by atoms with Gasteiger partial charge < -0.3 is 10.1 Å². The van der Waals surface area contributed by atoms with Crippen LogP contribution in [0, 0.1) is 0 Å². The van der Waals surface area contributed by atoms with Crippen LogP contribution in [0.15, 0.2) is 29.5 Å². The maximum atomic E-state index is 12.4. The fourth-order valence-electron chi connectivity index (χ4n) is 3.45. The minimum atomic E-state index is -0.178. The molecule has 1 saturated heterocycles. The summed E-state index contributed by atoms with van der Waals surface area (Å²) in [5.74, 6) is 1.18. The fourth-order valence-corrected chi connectivity index (χ4v) is 3.45. The largest absolute Gasteiger partial charge is 0.377 e. The van der Waals surface area contributed by atoms with Crippen LogP contribution >= 0.6 is 0 Å². The predicted molar refractivity (Wildman–Crippen MR) is 94.0 cm³/mol. The van der Waals surface area contributed by atoms with Crippen molar-refractivity contribution >= 4 is 16.9 Å². The Hall–Kier alpha value is -2.81. The van der Waals surface area contributed by atoms with E-state index in [-0.39, 0.29) is 17.6 Å². The first-order chi connectivity index (χ1) is 12.7. The average molecular weight is 353 g/mol. The Morgan fingerprint density at radius 3 is 2.96 bits per heavy atom. The lowest BCUT2D eigenvalue weighted by Gasteiger charge is -2.21. The van der Waals surface area contributed by atoms with E-state index in [1.54, 1.807) is 21.6 Å². The molecular formula is C17H19N7O2. The minimum Gasteiger partial charge on any atom is -0.377 e. The van der Waals surface area contributed by atoms with Crippen LogP contribution < -0.4 is 10.9 Å². The molecule has 1 aliphatic heterocycles. The van der Waals surface area contributed by atoms with Gasteiger partial charge in [0.05, 0.1) is 36.5 Å². The summed E-state index contributed by atoms with van der Waals surface area (Å²) in [6.45, 7) is 0.929. The molecule has 1 aliphatic carbocycles. The highest BCUT2D eigenvalue weighted by Gasteiger charge is 2.33. The first-order valence-corrected chi connectivity index (χ1v) is 8.77. The van der Waals surface area contributed by atoms with Gasteiger partial charge >= 0.3 is 0 Å². The number of aromatic nitrogens is 6. The standard InChI is InChI=1S/C17H19N7O2/c1-23-17-11(6-20-23)16(18-9-19-17)21-13-7-26-8-14(13)24-15(25)5-4-12(22-24)10-2-3-10/h4-6,9-10,13-14H,2-3,7-8H2,1H3,(H,18,19,21). The van der Waals surface area contributed by atoms with E-state index in [4.69, 9.17) is 4.74 Å². The number of nitrogens with one attached hydrogen (secondary N) is 1. The summed E-state index contributed by atoms with van der Waals surface area (Å²) in [6, 6.07) is 3.18. The summed E-state index contributed by atoms with van der Waals surface area (Å²) < 4.78 is 8.93. The van der Waals surface area contributed by atoms with Gasteiger partial charge in [0.1, 0.15) is 18.2 Å². The summed E-state index contributed by atoms with van der Waals surface area (Å²) in [6.07, 6.45) is 5.54. The van der Waals surface area contributed by atoms with Crippen LogP contribution in [-0.4, -0.2) is 48.8 Å². The van der Waals surface area contributed by atoms with Gasteiger partial charge in [-0.1, -0.05) is 0 Å². The molecule has 1 N–H and O–H groups in total. The molecule has 3 aromatic rings. The van der Waals surface area contributed by atoms with E-state index in [1.165, 1.54) is 6.33 Å². The third kappa shape index (κ3) is 2.55. The topological polar surface area (TPSA) is 99.8 Å². The maximum absolute atomic E-state index is 12.4. The van der Waals surface area contributed by atoms with Crippen molar-refractivity contribution < 1.29 is 4.74 Å². The van der Waals surface area contributed by atoms with E-state index < -0.39 is 0 Å². The molecule has 0 spiro atoms. The van der Waals surface area contributed by atoms with Gasteiger partial charge in [0.15, 0.2) is 5.65 Å². The van der Waals surface area contributed by atoms with Gasteiger partial charge in [-0.3, -0.25) is 9.48 Å². The molecule has 134 valence electrons. The molecule has 9 nitrogen and oxygen atoms in total. The van der Waals surface area contributed by atoms with Crippen molar-refractivity contribution in [3.8, 4) is 0 Å². The maximum Gasteiger partial charge on any atom is 0.267 e. The van der Waals surface area contributed by atoms with Crippen molar-refractivity contribution in [2.24, 2.45) is 7.05 Å². The average Bonchev–Trinajstić information content (AvgIpc) is 3.29. The van der Waals surface area contributed by atoms with Gasteiger partial charge in [0, 0.05) is 19.0 Å². The van der Waals surface area contributed by atoms with Crippen LogP contribution in [0.3, 0.4) is 0 Å². The van der Waals surface area contributed by atoms with Crippen LogP contribution in [0.25, 0.3) is 11.0 Å². The van der Waals surface area contributed by atoms with Crippen molar-refractivity contribution in [2.45, 2.75) is 30.8 Å². The lowest BCUT2D eigenvalue weighted by molar-refractivity contribution is 0.182. The molecule has 3 aromatic heterocycles. The summed E-state index contributed by atoms with van der Waals surface area (Å²) in [5, 5.41) is 13.1. The number of aryl methyl sites for hydroxylation is 1. The zero-order chi connectivity index (χ0) is 17.7. The van der Waals surface area contributed by atoms with Crippen LogP contribution in [0.2, 0.25) is 0 Å². The van der Waals surface area contributed by atoms with Crippen molar-refractivity contribution in [1.29, 1.82) is 0 Å². The fraction of sp³-hybridized carbons (Fsp3) is 0.471. The van der Waals surface area contributed by atoms with Gasteiger partial charge in [-0.2, -0.15) is 10.2 Å². The van der Waals surface area contributed by atoms with Crippen LogP contribution in [0.4, 0.5) is 5.82 Å². The van der Waals surface area contributed by atoms with Crippen LogP contribution in [0.5, 0.6) is 0 Å². The van der Waals surface area contributed by atoms with Crippen LogP contribution in [-0.2, 0) is 11.8 Å². The second kappa shape index (κ2) is 5.87. The number of nitrogens with zero attached hydrogens (tertiary/aromatic N) is 6. The Kier molecular flexibility index (Phi) is 3.49. The highest BCUT2D eigenvalue weighted by Crippen LogP contribution is 2.38. The van der Waals surface area contributed by atoms with Crippen molar-refractivity contribution in [1.82, 2.24) is 29.5 Å². The monoisotopic (exact) mass is 353 g/mol. The summed E-state index contributed by atoms with van der Waals surface area (Å²) >= 11 is 0. The van der Waals surface area contributed by atoms with Gasteiger partial charge in [-0.25, -0.2) is 14.6 Å². The molecule has 0 radical (unpaired) electrons. The molecule has 2 unspecified atom stereocenters. The third-order valence-electron chi connectivity index (χ3n) is 5.06. The lowest BCUT2D eigenvalue weighted by atomic mass is 10.1. The number of fused-ring (bicyclic) bond motifs is 1. The van der Waals surface area contributed by atoms with Crippen molar-refractivity contribution in [3.63, 3.8) is 0 Å². The van der Waals surface area contributed by atoms with E-state index in [0.717, 1.165) is 29.6 Å². The summed E-state index contributed by atoms with van der Waals surface area (Å²) in [5.41, 5.74) is 1.64. The first-order valence-electron chi connectivity index (χ1n) is 8.77. The smallest absolute Gasteiger partial charge is 0.267 e. The zero-order valence-electron chi connectivity index (χ0n) is 14.4.